The molecule has 6 rings (SSSR count). The standard InChI is InChI=1S/C39H46BrClN6O3/c1-26-23-44(27(2)43-26)16-9-17-46(24-28-10-7-6-8-11-28)37(48)34-25-45(18-19-47(34)38(49)50-39(3,4)5)36-33-15-14-32(41)21-29(33)12-13-30-20-31(40)22-42-35(30)36/h6-8,10-11,14-15,20-23,34,36H,9,12-13,16-19,24-25H2,1-5H3/t34-,36?/m1/s1. The van der Waals surface area contributed by atoms with Crippen molar-refractivity contribution in [3.8, 4) is 0 Å². The summed E-state index contributed by atoms with van der Waals surface area (Å²) in [5.41, 5.74) is 5.73. The van der Waals surface area contributed by atoms with Gasteiger partial charge in [0.25, 0.3) is 0 Å². The highest BCUT2D eigenvalue weighted by atomic mass is 79.9. The normalized spacial score (nSPS) is 17.9. The minimum absolute atomic E-state index is 0.100. The van der Waals surface area contributed by atoms with Crippen molar-refractivity contribution in [3.05, 3.63) is 116 Å². The zero-order valence-corrected chi connectivity index (χ0v) is 31.9. The van der Waals surface area contributed by atoms with Gasteiger partial charge < -0.3 is 14.2 Å². The van der Waals surface area contributed by atoms with Crippen LogP contribution in [-0.2, 0) is 35.5 Å². The minimum atomic E-state index is -0.766. The number of amides is 2. The van der Waals surface area contributed by atoms with Crippen LogP contribution in [0.1, 0.15) is 72.7 Å². The number of piperazine rings is 1. The highest BCUT2D eigenvalue weighted by molar-refractivity contribution is 9.10. The Hall–Kier alpha value is -3.73. The second-order valence-corrected chi connectivity index (χ2v) is 15.7. The summed E-state index contributed by atoms with van der Waals surface area (Å²) in [5.74, 6) is 0.852. The molecular weight excluding hydrogens is 716 g/mol. The molecule has 50 heavy (non-hydrogen) atoms. The molecule has 2 atom stereocenters. The summed E-state index contributed by atoms with van der Waals surface area (Å²) in [7, 11) is 0. The number of carbonyl (C=O) groups excluding carboxylic acids is 2. The number of rotatable bonds is 8. The lowest BCUT2D eigenvalue weighted by molar-refractivity contribution is -0.140. The third-order valence-electron chi connectivity index (χ3n) is 9.43. The third kappa shape index (κ3) is 8.41. The lowest BCUT2D eigenvalue weighted by atomic mass is 9.95. The first-order valence-corrected chi connectivity index (χ1v) is 18.5. The monoisotopic (exact) mass is 760 g/mol. The van der Waals surface area contributed by atoms with Gasteiger partial charge in [0.05, 0.1) is 17.4 Å². The number of nitrogens with zero attached hydrogens (tertiary/aromatic N) is 6. The molecule has 11 heteroatoms. The van der Waals surface area contributed by atoms with Crippen LogP contribution in [0.5, 0.6) is 0 Å². The van der Waals surface area contributed by atoms with Crippen molar-refractivity contribution in [1.29, 1.82) is 0 Å². The molecule has 0 radical (unpaired) electrons. The number of ether oxygens (including phenoxy) is 1. The summed E-state index contributed by atoms with van der Waals surface area (Å²) in [6, 6.07) is 17.3. The van der Waals surface area contributed by atoms with Crippen molar-refractivity contribution in [2.24, 2.45) is 0 Å². The van der Waals surface area contributed by atoms with Crippen molar-refractivity contribution >= 4 is 39.5 Å². The first-order chi connectivity index (χ1) is 23.9. The molecule has 2 aromatic carbocycles. The highest BCUT2D eigenvalue weighted by Crippen LogP contribution is 2.39. The lowest BCUT2D eigenvalue weighted by Gasteiger charge is -2.45. The fourth-order valence-corrected chi connectivity index (χ4v) is 7.75. The fourth-order valence-electron chi connectivity index (χ4n) is 7.18. The van der Waals surface area contributed by atoms with Crippen LogP contribution in [0.4, 0.5) is 4.79 Å². The van der Waals surface area contributed by atoms with Gasteiger partial charge in [-0.1, -0.05) is 48.0 Å². The SMILES string of the molecule is Cc1cn(CCCN(Cc2ccccc2)C(=O)[C@H]2CN(C3c4ccc(Cl)cc4CCc4cc(Br)cnc43)CCN2C(=O)OC(C)(C)C)c(C)n1. The molecule has 2 amide bonds. The van der Waals surface area contributed by atoms with Crippen LogP contribution in [0, 0.1) is 13.8 Å². The zero-order valence-electron chi connectivity index (χ0n) is 29.5. The van der Waals surface area contributed by atoms with Crippen LogP contribution in [-0.4, -0.2) is 79.1 Å². The minimum Gasteiger partial charge on any atom is -0.444 e. The molecule has 0 N–H and O–H groups in total. The van der Waals surface area contributed by atoms with E-state index < -0.39 is 17.7 Å². The smallest absolute Gasteiger partial charge is 0.411 e. The van der Waals surface area contributed by atoms with E-state index in [1.165, 1.54) is 5.56 Å². The van der Waals surface area contributed by atoms with Gasteiger partial charge in [-0.2, -0.15) is 0 Å². The maximum Gasteiger partial charge on any atom is 0.411 e. The first kappa shape index (κ1) is 36.1. The molecule has 9 nitrogen and oxygen atoms in total. The predicted molar refractivity (Wildman–Crippen MR) is 199 cm³/mol. The number of carbonyl (C=O) groups is 2. The second kappa shape index (κ2) is 15.3. The average Bonchev–Trinajstić information content (AvgIpc) is 3.30. The molecule has 1 fully saturated rings. The van der Waals surface area contributed by atoms with Crippen LogP contribution in [0.25, 0.3) is 0 Å². The van der Waals surface area contributed by atoms with Crippen LogP contribution in [0.2, 0.25) is 5.02 Å². The van der Waals surface area contributed by atoms with E-state index in [2.05, 4.69) is 48.6 Å². The predicted octanol–water partition coefficient (Wildman–Crippen LogP) is 7.54. The zero-order chi connectivity index (χ0) is 35.6. The Labute approximate surface area is 308 Å². The van der Waals surface area contributed by atoms with E-state index >= 15 is 0 Å². The summed E-state index contributed by atoms with van der Waals surface area (Å²) >= 11 is 10.1. The topological polar surface area (TPSA) is 83.8 Å². The van der Waals surface area contributed by atoms with Gasteiger partial charge in [0.1, 0.15) is 17.5 Å². The van der Waals surface area contributed by atoms with Crippen molar-refractivity contribution < 1.29 is 14.3 Å². The third-order valence-corrected chi connectivity index (χ3v) is 10.1. The molecule has 0 saturated carbocycles. The van der Waals surface area contributed by atoms with Crippen molar-refractivity contribution in [3.63, 3.8) is 0 Å². The van der Waals surface area contributed by atoms with Crippen LogP contribution < -0.4 is 0 Å². The Morgan fingerprint density at radius 3 is 2.52 bits per heavy atom. The Morgan fingerprint density at radius 2 is 1.80 bits per heavy atom. The van der Waals surface area contributed by atoms with E-state index in [0.29, 0.717) is 37.7 Å². The number of hydrogen-bond acceptors (Lipinski definition) is 6. The molecule has 2 aliphatic rings. The molecule has 1 unspecified atom stereocenters. The number of halogens is 2. The Balaban J connectivity index is 1.35. The average molecular weight is 762 g/mol. The van der Waals surface area contributed by atoms with Crippen LogP contribution in [0.15, 0.2) is 71.5 Å². The van der Waals surface area contributed by atoms with Crippen molar-refractivity contribution in [2.45, 2.75) is 84.7 Å². The van der Waals surface area contributed by atoms with E-state index in [1.807, 2.05) is 88.3 Å². The summed E-state index contributed by atoms with van der Waals surface area (Å²) in [5, 5.41) is 0.697. The number of pyridine rings is 1. The molecule has 3 heterocycles. The molecular formula is C39H46BrClN6O3. The highest BCUT2D eigenvalue weighted by Gasteiger charge is 2.43. The van der Waals surface area contributed by atoms with E-state index in [4.69, 9.17) is 21.3 Å². The van der Waals surface area contributed by atoms with E-state index in [9.17, 15) is 9.59 Å². The van der Waals surface area contributed by atoms with Gasteiger partial charge in [0.2, 0.25) is 5.91 Å². The van der Waals surface area contributed by atoms with Crippen molar-refractivity contribution in [1.82, 2.24) is 29.2 Å². The largest absolute Gasteiger partial charge is 0.444 e. The molecule has 1 aliphatic heterocycles. The number of benzene rings is 2. The molecule has 1 aliphatic carbocycles. The second-order valence-electron chi connectivity index (χ2n) is 14.3. The van der Waals surface area contributed by atoms with Gasteiger partial charge in [-0.25, -0.2) is 9.78 Å². The quantitative estimate of drug-likeness (QED) is 0.185. The van der Waals surface area contributed by atoms with Crippen LogP contribution in [0.3, 0.4) is 0 Å². The van der Waals surface area contributed by atoms with E-state index in [1.54, 1.807) is 4.90 Å². The van der Waals surface area contributed by atoms with E-state index in [-0.39, 0.29) is 11.9 Å². The van der Waals surface area contributed by atoms with Crippen LogP contribution >= 0.6 is 27.5 Å². The molecule has 0 bridgehead atoms. The summed E-state index contributed by atoms with van der Waals surface area (Å²) in [6.07, 6.45) is 5.81. The van der Waals surface area contributed by atoms with Gasteiger partial charge in [-0.05, 0) is 110 Å². The Kier molecular flexibility index (Phi) is 11.0. The number of imidazole rings is 1. The Bertz CT molecular complexity index is 1790. The molecule has 2 aromatic heterocycles. The molecule has 0 spiro atoms. The maximum absolute atomic E-state index is 15.0. The summed E-state index contributed by atoms with van der Waals surface area (Å²) < 4.78 is 8.97. The first-order valence-electron chi connectivity index (χ1n) is 17.4. The Morgan fingerprint density at radius 1 is 1.04 bits per heavy atom. The fraction of sp³-hybridized carbons (Fsp3) is 0.436. The van der Waals surface area contributed by atoms with Gasteiger partial charge in [0, 0.05) is 61.2 Å². The lowest BCUT2D eigenvalue weighted by Crippen LogP contribution is -2.62. The number of aryl methyl sites for hydroxylation is 5. The number of hydrogen-bond donors (Lipinski definition) is 0. The van der Waals surface area contributed by atoms with E-state index in [0.717, 1.165) is 64.2 Å². The molecule has 1 saturated heterocycles. The molecule has 4 aromatic rings. The number of fused-ring (bicyclic) bond motifs is 2. The maximum atomic E-state index is 15.0. The molecule has 264 valence electrons. The van der Waals surface area contributed by atoms with Gasteiger partial charge in [-0.3, -0.25) is 19.6 Å². The summed E-state index contributed by atoms with van der Waals surface area (Å²) in [6.45, 7) is 12.5. The van der Waals surface area contributed by atoms with Crippen molar-refractivity contribution in [2.75, 3.05) is 26.2 Å². The van der Waals surface area contributed by atoms with Gasteiger partial charge in [-0.15, -0.1) is 0 Å². The van der Waals surface area contributed by atoms with Gasteiger partial charge >= 0.3 is 6.09 Å². The van der Waals surface area contributed by atoms with Gasteiger partial charge in [0.15, 0.2) is 0 Å². The number of aromatic nitrogens is 3. The summed E-state index contributed by atoms with van der Waals surface area (Å²) in [4.78, 5) is 44.2.